The normalized spacial score (nSPS) is 17.4. The van der Waals surface area contributed by atoms with Crippen molar-refractivity contribution < 1.29 is 35.9 Å². The molecule has 2 fully saturated rings. The fourth-order valence-corrected chi connectivity index (χ4v) is 8.25. The van der Waals surface area contributed by atoms with Gasteiger partial charge < -0.3 is 19.4 Å². The number of nitrogens with one attached hydrogen (secondary N) is 1. The van der Waals surface area contributed by atoms with E-state index in [0.717, 1.165) is 53.5 Å². The molecule has 11 nitrogen and oxygen atoms in total. The highest BCUT2D eigenvalue weighted by atomic mass is 32.2. The molecule has 0 radical (unpaired) electrons. The lowest BCUT2D eigenvalue weighted by Crippen LogP contribution is -2.47. The molecule has 55 heavy (non-hydrogen) atoms. The Labute approximate surface area is 320 Å². The number of allylic oxidation sites excluding steroid dienone is 1. The number of piperazine rings is 1. The van der Waals surface area contributed by atoms with Crippen molar-refractivity contribution in [2.45, 2.75) is 63.9 Å². The Kier molecular flexibility index (Phi) is 11.5. The summed E-state index contributed by atoms with van der Waals surface area (Å²) >= 11 is 0. The summed E-state index contributed by atoms with van der Waals surface area (Å²) in [5, 5.41) is 3.07. The largest absolute Gasteiger partial charge is 0.497 e. The summed E-state index contributed by atoms with van der Waals surface area (Å²) in [4.78, 5) is 33.1. The third kappa shape index (κ3) is 8.47. The van der Waals surface area contributed by atoms with Crippen LogP contribution in [0.4, 0.5) is 18.9 Å². The third-order valence-corrected chi connectivity index (χ3v) is 12.6. The summed E-state index contributed by atoms with van der Waals surface area (Å²) in [6.07, 6.45) is 1.96. The molecule has 3 aliphatic rings. The number of amides is 2. The molecule has 2 amide bonds. The summed E-state index contributed by atoms with van der Waals surface area (Å²) in [5.41, 5.74) is 2.40. The summed E-state index contributed by atoms with van der Waals surface area (Å²) in [6.45, 7) is 9.29. The first-order valence-electron chi connectivity index (χ1n) is 18.6. The van der Waals surface area contributed by atoms with E-state index in [1.807, 2.05) is 22.9 Å². The monoisotopic (exact) mass is 782 g/mol. The number of ether oxygens (including phenoxy) is 1. The number of carbonyl (C=O) groups excluding carboxylic acids is 2. The van der Waals surface area contributed by atoms with Crippen LogP contribution in [-0.4, -0.2) is 91.9 Å². The molecule has 3 aromatic rings. The zero-order valence-corrected chi connectivity index (χ0v) is 32.8. The van der Waals surface area contributed by atoms with Gasteiger partial charge in [0.2, 0.25) is 10.0 Å². The molecule has 0 spiro atoms. The van der Waals surface area contributed by atoms with Crippen molar-refractivity contribution in [3.05, 3.63) is 82.2 Å². The van der Waals surface area contributed by atoms with Gasteiger partial charge in [0.15, 0.2) is 5.69 Å². The van der Waals surface area contributed by atoms with E-state index in [2.05, 4.69) is 16.4 Å². The van der Waals surface area contributed by atoms with Crippen molar-refractivity contribution in [3.63, 3.8) is 0 Å². The van der Waals surface area contributed by atoms with Gasteiger partial charge in [0, 0.05) is 63.1 Å². The highest BCUT2D eigenvalue weighted by Crippen LogP contribution is 2.42. The molecule has 2 aliphatic heterocycles. The Bertz CT molecular complexity index is 2110. The zero-order valence-electron chi connectivity index (χ0n) is 32.0. The predicted octanol–water partition coefficient (Wildman–Crippen LogP) is 6.46. The molecule has 1 aromatic heterocycles. The van der Waals surface area contributed by atoms with Crippen molar-refractivity contribution in [1.29, 1.82) is 0 Å². The lowest BCUT2D eigenvalue weighted by atomic mass is 9.81. The van der Waals surface area contributed by atoms with Crippen LogP contribution in [0.25, 0.3) is 17.2 Å². The van der Waals surface area contributed by atoms with E-state index in [-0.39, 0.29) is 43.4 Å². The third-order valence-electron chi connectivity index (χ3n) is 10.9. The number of hydrogen-bond acceptors (Lipinski definition) is 8. The summed E-state index contributed by atoms with van der Waals surface area (Å²) in [5.74, 6) is -0.843. The van der Waals surface area contributed by atoms with Gasteiger partial charge in [-0.1, -0.05) is 38.0 Å². The fourth-order valence-electron chi connectivity index (χ4n) is 7.64. The van der Waals surface area contributed by atoms with Crippen LogP contribution in [-0.2, 0) is 29.8 Å². The first kappa shape index (κ1) is 40.0. The average Bonchev–Trinajstić information content (AvgIpc) is 3.40. The number of aromatic nitrogens is 2. The highest BCUT2D eigenvalue weighted by Gasteiger charge is 2.43. The second-order valence-corrected chi connectivity index (χ2v) is 17.2. The first-order valence-corrected chi connectivity index (χ1v) is 20.2. The van der Waals surface area contributed by atoms with Gasteiger partial charge in [-0.2, -0.15) is 18.3 Å². The summed E-state index contributed by atoms with van der Waals surface area (Å²) < 4.78 is 78.6. The van der Waals surface area contributed by atoms with Crippen molar-refractivity contribution >= 4 is 44.7 Å². The van der Waals surface area contributed by atoms with Gasteiger partial charge in [0.05, 0.1) is 23.6 Å². The van der Waals surface area contributed by atoms with E-state index >= 15 is 0 Å². The van der Waals surface area contributed by atoms with Crippen LogP contribution in [0, 0.1) is 5.92 Å². The number of sulfonamides is 1. The van der Waals surface area contributed by atoms with Crippen molar-refractivity contribution in [1.82, 2.24) is 24.3 Å². The molecule has 0 bridgehead atoms. The van der Waals surface area contributed by atoms with Gasteiger partial charge in [-0.25, -0.2) is 13.1 Å². The Morgan fingerprint density at radius 3 is 2.31 bits per heavy atom. The summed E-state index contributed by atoms with van der Waals surface area (Å²) in [6, 6.07) is 10.5. The maximum Gasteiger partial charge on any atom is 0.435 e. The van der Waals surface area contributed by atoms with Crippen LogP contribution >= 0.6 is 0 Å². The molecular weight excluding hydrogens is 734 g/mol. The van der Waals surface area contributed by atoms with Gasteiger partial charge in [-0.05, 0) is 92.3 Å². The van der Waals surface area contributed by atoms with Gasteiger partial charge in [0.1, 0.15) is 5.75 Å². The maximum absolute atomic E-state index is 14.8. The number of likely N-dealkylation sites (N-methyl/N-ethyl adjacent to an activating group) is 1. The van der Waals surface area contributed by atoms with E-state index in [9.17, 15) is 31.2 Å². The van der Waals surface area contributed by atoms with Gasteiger partial charge in [-0.15, -0.1) is 0 Å². The summed E-state index contributed by atoms with van der Waals surface area (Å²) in [7, 11) is 0.874. The first-order chi connectivity index (χ1) is 26.0. The molecule has 0 unspecified atom stereocenters. The molecule has 1 aliphatic carbocycles. The minimum atomic E-state index is -4.91. The Hall–Kier alpha value is -4.63. The molecule has 1 N–H and O–H groups in total. The molecule has 2 aromatic carbocycles. The number of alkyl halides is 3. The Balaban J connectivity index is 1.54. The lowest BCUT2D eigenvalue weighted by Gasteiger charge is -2.33. The topological polar surface area (TPSA) is 117 Å². The molecule has 1 saturated heterocycles. The number of halogens is 3. The predicted molar refractivity (Wildman–Crippen MR) is 207 cm³/mol. The van der Waals surface area contributed by atoms with E-state index in [1.165, 1.54) is 32.9 Å². The second-order valence-electron chi connectivity index (χ2n) is 15.0. The van der Waals surface area contributed by atoms with Crippen molar-refractivity contribution in [2.75, 3.05) is 51.8 Å². The highest BCUT2D eigenvalue weighted by molar-refractivity contribution is 7.90. The van der Waals surface area contributed by atoms with Gasteiger partial charge >= 0.3 is 6.18 Å². The second kappa shape index (κ2) is 15.8. The number of nitrogens with zero attached hydrogens (tertiary/aromatic N) is 5. The van der Waals surface area contributed by atoms with E-state index < -0.39 is 44.5 Å². The molecule has 15 heteroatoms. The number of fused-ring (bicyclic) bond motifs is 1. The number of hydrogen-bond donors (Lipinski definition) is 1. The van der Waals surface area contributed by atoms with Crippen LogP contribution in [0.3, 0.4) is 0 Å². The van der Waals surface area contributed by atoms with Crippen LogP contribution in [0.1, 0.15) is 94.7 Å². The lowest BCUT2D eigenvalue weighted by molar-refractivity contribution is -0.141. The fraction of sp³-hybridized carbons (Fsp3) is 0.475. The van der Waals surface area contributed by atoms with Crippen LogP contribution in [0.2, 0.25) is 0 Å². The maximum atomic E-state index is 14.8. The molecule has 1 saturated carbocycles. The van der Waals surface area contributed by atoms with E-state index in [1.54, 1.807) is 36.4 Å². The van der Waals surface area contributed by atoms with Crippen molar-refractivity contribution in [2.24, 2.45) is 13.0 Å². The molecule has 0 atom stereocenters. The number of anilines is 1. The molecule has 3 heterocycles. The Morgan fingerprint density at radius 2 is 1.67 bits per heavy atom. The van der Waals surface area contributed by atoms with Gasteiger partial charge in [-0.3, -0.25) is 14.3 Å². The zero-order chi connectivity index (χ0) is 39.8. The number of rotatable bonds is 9. The molecule has 6 rings (SSSR count). The average molecular weight is 783 g/mol. The smallest absolute Gasteiger partial charge is 0.435 e. The molecule has 296 valence electrons. The van der Waals surface area contributed by atoms with Crippen LogP contribution in [0.5, 0.6) is 5.75 Å². The minimum Gasteiger partial charge on any atom is -0.497 e. The van der Waals surface area contributed by atoms with E-state index in [4.69, 9.17) is 4.74 Å². The SMILES string of the molecule is C=C(c1ccc(C(=O)NS(=O)(=O)C(C)C)cc1N1CC(c2c(C(=O)N3CCN(C)CC3)c(C(F)(F)F)nn2C)=Cc2cc(OC)ccc2C1)C1CCCCC1. The van der Waals surface area contributed by atoms with Crippen molar-refractivity contribution in [3.8, 4) is 5.75 Å². The quantitative estimate of drug-likeness (QED) is 0.263. The number of aryl methyl sites for hydroxylation is 1. The van der Waals surface area contributed by atoms with Crippen LogP contribution in [0.15, 0.2) is 43.0 Å². The van der Waals surface area contributed by atoms with E-state index in [0.29, 0.717) is 35.7 Å². The molecular formula is C40H49F3N6O5S. The number of methoxy groups -OCH3 is 1. The standard InChI is InChI=1S/C40H49F3N6O5S/c1-25(2)55(52,53)45-38(50)28-13-15-33(26(3)27-10-8-7-9-11-27)34(22-28)49-23-29-12-14-32(54-6)21-30(29)20-31(24-49)36-35(37(40(41,42)43)44-47(36)5)39(51)48-18-16-46(4)17-19-48/h12-15,20-22,25,27H,3,7-11,16-19,23-24H2,1-2,4-6H3,(H,45,50). The van der Waals surface area contributed by atoms with Crippen LogP contribution < -0.4 is 14.4 Å². The minimum absolute atomic E-state index is 0.0111. The Morgan fingerprint density at radius 1 is 0.982 bits per heavy atom. The number of carbonyl (C=O) groups is 2. The van der Waals surface area contributed by atoms with Gasteiger partial charge in [0.25, 0.3) is 11.8 Å². The number of benzene rings is 2.